The second kappa shape index (κ2) is 64.6. The predicted octanol–water partition coefficient (Wildman–Crippen LogP) is 22.7. The smallest absolute Gasteiger partial charge is 0.306 e. The molecule has 0 aromatic rings. The van der Waals surface area contributed by atoms with Crippen LogP contribution in [0.5, 0.6) is 0 Å². The summed E-state index contributed by atoms with van der Waals surface area (Å²) in [5.41, 5.74) is 0. The quantitative estimate of drug-likeness (QED) is 0.0261. The van der Waals surface area contributed by atoms with E-state index in [9.17, 15) is 14.4 Å². The van der Waals surface area contributed by atoms with Crippen molar-refractivity contribution >= 4 is 17.9 Å². The lowest BCUT2D eigenvalue weighted by Crippen LogP contribution is -2.30. The van der Waals surface area contributed by atoms with E-state index in [1.54, 1.807) is 0 Å². The number of hydrogen-bond acceptors (Lipinski definition) is 6. The highest BCUT2D eigenvalue weighted by Crippen LogP contribution is 2.18. The highest BCUT2D eigenvalue weighted by atomic mass is 16.6. The van der Waals surface area contributed by atoms with Gasteiger partial charge in [0.2, 0.25) is 0 Å². The molecule has 6 nitrogen and oxygen atoms in total. The molecule has 0 aliphatic heterocycles. The van der Waals surface area contributed by atoms with Crippen molar-refractivity contribution in [2.75, 3.05) is 13.2 Å². The van der Waals surface area contributed by atoms with Gasteiger partial charge in [-0.15, -0.1) is 0 Å². The van der Waals surface area contributed by atoms with Crippen LogP contribution < -0.4 is 0 Å². The zero-order chi connectivity index (χ0) is 55.0. The molecule has 442 valence electrons. The van der Waals surface area contributed by atoms with Crippen molar-refractivity contribution in [3.05, 3.63) is 60.8 Å². The van der Waals surface area contributed by atoms with Gasteiger partial charge in [0.15, 0.2) is 6.10 Å². The first-order valence-electron chi connectivity index (χ1n) is 33.3. The van der Waals surface area contributed by atoms with Crippen LogP contribution in [-0.2, 0) is 28.6 Å². The minimum absolute atomic E-state index is 0.0774. The molecule has 0 saturated heterocycles. The molecule has 0 aromatic heterocycles. The first kappa shape index (κ1) is 73.1. The summed E-state index contributed by atoms with van der Waals surface area (Å²) in [7, 11) is 0. The number of hydrogen-bond donors (Lipinski definition) is 0. The Kier molecular flexibility index (Phi) is 62.2. The Hall–Kier alpha value is -2.89. The van der Waals surface area contributed by atoms with Crippen LogP contribution >= 0.6 is 0 Å². The minimum atomic E-state index is -0.783. The summed E-state index contributed by atoms with van der Waals surface area (Å²) >= 11 is 0. The molecule has 0 fully saturated rings. The van der Waals surface area contributed by atoms with E-state index < -0.39 is 6.10 Å². The van der Waals surface area contributed by atoms with Gasteiger partial charge in [-0.05, 0) is 83.5 Å². The van der Waals surface area contributed by atoms with E-state index in [1.807, 2.05) is 0 Å². The van der Waals surface area contributed by atoms with Crippen LogP contribution in [0.3, 0.4) is 0 Å². The van der Waals surface area contributed by atoms with Crippen molar-refractivity contribution < 1.29 is 28.6 Å². The molecular formula is C70H126O6. The van der Waals surface area contributed by atoms with Gasteiger partial charge in [-0.25, -0.2) is 0 Å². The Labute approximate surface area is 472 Å². The van der Waals surface area contributed by atoms with Crippen LogP contribution in [0.15, 0.2) is 60.8 Å². The molecule has 0 spiro atoms. The van der Waals surface area contributed by atoms with Gasteiger partial charge in [0, 0.05) is 19.3 Å². The van der Waals surface area contributed by atoms with Crippen molar-refractivity contribution in [1.29, 1.82) is 0 Å². The Bertz CT molecular complexity index is 1360. The van der Waals surface area contributed by atoms with E-state index in [1.165, 1.54) is 212 Å². The third-order valence-corrected chi connectivity index (χ3v) is 14.8. The second-order valence-corrected chi connectivity index (χ2v) is 22.4. The van der Waals surface area contributed by atoms with Crippen LogP contribution in [0.25, 0.3) is 0 Å². The van der Waals surface area contributed by atoms with Crippen molar-refractivity contribution in [3.8, 4) is 0 Å². The number of carbonyl (C=O) groups excluding carboxylic acids is 3. The molecule has 0 bridgehead atoms. The molecule has 0 aliphatic rings. The monoisotopic (exact) mass is 1060 g/mol. The van der Waals surface area contributed by atoms with Crippen molar-refractivity contribution in [1.82, 2.24) is 0 Å². The zero-order valence-corrected chi connectivity index (χ0v) is 50.8. The molecule has 76 heavy (non-hydrogen) atoms. The Balaban J connectivity index is 4.33. The van der Waals surface area contributed by atoms with Gasteiger partial charge in [-0.1, -0.05) is 306 Å². The highest BCUT2D eigenvalue weighted by molar-refractivity contribution is 5.71. The zero-order valence-electron chi connectivity index (χ0n) is 50.8. The molecule has 1 atom stereocenters. The van der Waals surface area contributed by atoms with E-state index >= 15 is 0 Å². The lowest BCUT2D eigenvalue weighted by Gasteiger charge is -2.18. The van der Waals surface area contributed by atoms with Crippen LogP contribution in [-0.4, -0.2) is 37.2 Å². The number of unbranched alkanes of at least 4 members (excludes halogenated alkanes) is 40. The van der Waals surface area contributed by atoms with Crippen LogP contribution in [0.1, 0.15) is 348 Å². The average Bonchev–Trinajstić information content (AvgIpc) is 3.42. The summed E-state index contributed by atoms with van der Waals surface area (Å²) in [6.45, 7) is 6.56. The van der Waals surface area contributed by atoms with E-state index in [4.69, 9.17) is 14.2 Å². The van der Waals surface area contributed by atoms with Crippen LogP contribution in [0.4, 0.5) is 0 Å². The fourth-order valence-electron chi connectivity index (χ4n) is 9.79. The minimum Gasteiger partial charge on any atom is -0.462 e. The molecular weight excluding hydrogens is 937 g/mol. The van der Waals surface area contributed by atoms with Gasteiger partial charge in [0.05, 0.1) is 0 Å². The number of carbonyl (C=O) groups is 3. The Morgan fingerprint density at radius 3 is 0.816 bits per heavy atom. The van der Waals surface area contributed by atoms with Gasteiger partial charge < -0.3 is 14.2 Å². The standard InChI is InChI=1S/C70H126O6/c1-4-7-10-13-16-19-22-25-28-31-33-34-35-36-37-40-42-45-48-51-54-57-60-63-69(72)75-66-67(65-74-68(71)62-59-56-53-50-47-44-41-38-30-27-24-21-18-15-12-9-6-3)76-70(73)64-61-58-55-52-49-46-43-39-32-29-26-23-20-17-14-11-8-5-2/h9,12,18,20-21,23,27,29-30,32,67H,4-8,10-11,13-17,19,22,24-26,28,31,33-66H2,1-3H3/b12-9-,21-18-,23-20-,30-27-,32-29-. The van der Waals surface area contributed by atoms with Crippen molar-refractivity contribution in [3.63, 3.8) is 0 Å². The molecule has 1 unspecified atom stereocenters. The average molecular weight is 1060 g/mol. The normalized spacial score (nSPS) is 12.4. The molecule has 0 N–H and O–H groups in total. The fourth-order valence-corrected chi connectivity index (χ4v) is 9.79. The first-order chi connectivity index (χ1) is 37.5. The van der Waals surface area contributed by atoms with Crippen molar-refractivity contribution in [2.24, 2.45) is 0 Å². The van der Waals surface area contributed by atoms with Gasteiger partial charge in [0.1, 0.15) is 13.2 Å². The maximum atomic E-state index is 12.9. The molecule has 0 radical (unpaired) electrons. The molecule has 0 heterocycles. The van der Waals surface area contributed by atoms with E-state index in [2.05, 4.69) is 81.5 Å². The van der Waals surface area contributed by atoms with Gasteiger partial charge in [-0.3, -0.25) is 14.4 Å². The maximum absolute atomic E-state index is 12.9. The Morgan fingerprint density at radius 1 is 0.276 bits per heavy atom. The molecule has 0 amide bonds. The lowest BCUT2D eigenvalue weighted by atomic mass is 10.0. The van der Waals surface area contributed by atoms with Crippen LogP contribution in [0.2, 0.25) is 0 Å². The van der Waals surface area contributed by atoms with E-state index in [0.717, 1.165) is 96.3 Å². The summed E-state index contributed by atoms with van der Waals surface area (Å²) in [4.78, 5) is 38.4. The van der Waals surface area contributed by atoms with E-state index in [-0.39, 0.29) is 31.1 Å². The topological polar surface area (TPSA) is 78.9 Å². The molecule has 6 heteroatoms. The number of esters is 3. The summed E-state index contributed by atoms with van der Waals surface area (Å²) in [5.74, 6) is -0.875. The first-order valence-corrected chi connectivity index (χ1v) is 33.3. The third-order valence-electron chi connectivity index (χ3n) is 14.8. The maximum Gasteiger partial charge on any atom is 0.306 e. The second-order valence-electron chi connectivity index (χ2n) is 22.4. The highest BCUT2D eigenvalue weighted by Gasteiger charge is 2.19. The Morgan fingerprint density at radius 2 is 0.513 bits per heavy atom. The van der Waals surface area contributed by atoms with Gasteiger partial charge in [0.25, 0.3) is 0 Å². The largest absolute Gasteiger partial charge is 0.462 e. The van der Waals surface area contributed by atoms with E-state index in [0.29, 0.717) is 19.3 Å². The number of rotatable bonds is 61. The molecule has 0 rings (SSSR count). The summed E-state index contributed by atoms with van der Waals surface area (Å²) < 4.78 is 17.0. The van der Waals surface area contributed by atoms with Crippen molar-refractivity contribution in [2.45, 2.75) is 354 Å². The van der Waals surface area contributed by atoms with Gasteiger partial charge in [-0.2, -0.15) is 0 Å². The third kappa shape index (κ3) is 62.0. The predicted molar refractivity (Wildman–Crippen MR) is 330 cm³/mol. The summed E-state index contributed by atoms with van der Waals surface area (Å²) in [6.07, 6.45) is 82.3. The number of allylic oxidation sites excluding steroid dienone is 10. The number of ether oxygens (including phenoxy) is 3. The van der Waals surface area contributed by atoms with Crippen LogP contribution in [0, 0.1) is 0 Å². The molecule has 0 aromatic carbocycles. The summed E-state index contributed by atoms with van der Waals surface area (Å²) in [5, 5.41) is 0. The SMILES string of the molecule is CC/C=C\C/C=C\C/C=C\CCCCCCCCCC(=O)OCC(COC(=O)CCCCCCCCCCCCCCCCCCCCCCCCC)OC(=O)CCCCCCCCC/C=C\C/C=C\CCCCCC. The molecule has 0 saturated carbocycles. The molecule has 0 aliphatic carbocycles. The van der Waals surface area contributed by atoms with Gasteiger partial charge >= 0.3 is 17.9 Å². The lowest BCUT2D eigenvalue weighted by molar-refractivity contribution is -0.167. The fraction of sp³-hybridized carbons (Fsp3) is 0.814. The summed E-state index contributed by atoms with van der Waals surface area (Å²) in [6, 6.07) is 0.